The van der Waals surface area contributed by atoms with Gasteiger partial charge in [0, 0.05) is 12.4 Å². The summed E-state index contributed by atoms with van der Waals surface area (Å²) in [5.74, 6) is 0.611. The van der Waals surface area contributed by atoms with Crippen LogP contribution in [0.25, 0.3) is 0 Å². The lowest BCUT2D eigenvalue weighted by Gasteiger charge is -2.13. The van der Waals surface area contributed by atoms with Gasteiger partial charge in [0.05, 0.1) is 12.2 Å². The van der Waals surface area contributed by atoms with Gasteiger partial charge in [-0.2, -0.15) is 0 Å². The molecule has 2 heterocycles. The Kier molecular flexibility index (Phi) is 3.37. The van der Waals surface area contributed by atoms with E-state index in [-0.39, 0.29) is 0 Å². The zero-order valence-electron chi connectivity index (χ0n) is 9.52. The zero-order valence-corrected chi connectivity index (χ0v) is 9.52. The van der Waals surface area contributed by atoms with Crippen LogP contribution in [-0.2, 0) is 4.74 Å². The molecule has 82 valence electrons. The van der Waals surface area contributed by atoms with Crippen molar-refractivity contribution in [1.29, 1.82) is 0 Å². The molecule has 1 aromatic rings. The molecular formula is C13H19NO. The Balaban J connectivity index is 1.94. The predicted molar refractivity (Wildman–Crippen MR) is 60.8 cm³/mol. The summed E-state index contributed by atoms with van der Waals surface area (Å²) in [5, 5.41) is 0. The fourth-order valence-electron chi connectivity index (χ4n) is 2.18. The highest BCUT2D eigenvalue weighted by Gasteiger charge is 2.38. The van der Waals surface area contributed by atoms with Crippen molar-refractivity contribution in [2.45, 2.75) is 51.2 Å². The quantitative estimate of drug-likeness (QED) is 0.690. The van der Waals surface area contributed by atoms with Crippen molar-refractivity contribution in [3.05, 3.63) is 30.1 Å². The summed E-state index contributed by atoms with van der Waals surface area (Å²) in [7, 11) is 0. The standard InChI is InChI=1S/C13H19NO/c1-3-10(8-13-12(4-2)15-13)11-6-5-7-14-9-11/h5-7,9-10,12-13H,3-4,8H2,1-2H3. The van der Waals surface area contributed by atoms with E-state index in [0.717, 1.165) is 12.8 Å². The summed E-state index contributed by atoms with van der Waals surface area (Å²) in [6.07, 6.45) is 8.31. The van der Waals surface area contributed by atoms with E-state index in [2.05, 4.69) is 24.9 Å². The third-order valence-corrected chi connectivity index (χ3v) is 3.26. The Morgan fingerprint density at radius 2 is 2.27 bits per heavy atom. The molecule has 0 N–H and O–H groups in total. The van der Waals surface area contributed by atoms with E-state index in [1.807, 2.05) is 18.5 Å². The van der Waals surface area contributed by atoms with Crippen LogP contribution in [0.3, 0.4) is 0 Å². The van der Waals surface area contributed by atoms with Gasteiger partial charge in [-0.1, -0.05) is 19.9 Å². The second kappa shape index (κ2) is 4.75. The molecule has 0 bridgehead atoms. The summed E-state index contributed by atoms with van der Waals surface area (Å²) in [6.45, 7) is 4.43. The third kappa shape index (κ3) is 2.57. The molecule has 0 aromatic carbocycles. The first-order valence-corrected chi connectivity index (χ1v) is 5.90. The molecule has 1 aromatic heterocycles. The highest BCUT2D eigenvalue weighted by Crippen LogP contribution is 2.35. The second-order valence-corrected chi connectivity index (χ2v) is 4.25. The van der Waals surface area contributed by atoms with Crippen molar-refractivity contribution in [2.75, 3.05) is 0 Å². The summed E-state index contributed by atoms with van der Waals surface area (Å²) in [4.78, 5) is 4.18. The van der Waals surface area contributed by atoms with Crippen LogP contribution in [0.4, 0.5) is 0 Å². The topological polar surface area (TPSA) is 25.4 Å². The Bertz CT molecular complexity index is 299. The first-order chi connectivity index (χ1) is 7.35. The van der Waals surface area contributed by atoms with Gasteiger partial charge < -0.3 is 4.74 Å². The van der Waals surface area contributed by atoms with E-state index in [1.165, 1.54) is 12.0 Å². The van der Waals surface area contributed by atoms with Gasteiger partial charge in [-0.25, -0.2) is 0 Å². The first-order valence-electron chi connectivity index (χ1n) is 5.90. The smallest absolute Gasteiger partial charge is 0.0847 e. The maximum Gasteiger partial charge on any atom is 0.0847 e. The molecule has 0 amide bonds. The van der Waals surface area contributed by atoms with Crippen molar-refractivity contribution in [3.8, 4) is 0 Å². The first kappa shape index (κ1) is 10.6. The van der Waals surface area contributed by atoms with Gasteiger partial charge in [0.15, 0.2) is 0 Å². The average Bonchev–Trinajstić information content (AvgIpc) is 3.05. The van der Waals surface area contributed by atoms with E-state index in [1.54, 1.807) is 0 Å². The summed E-state index contributed by atoms with van der Waals surface area (Å²) < 4.78 is 5.60. The lowest BCUT2D eigenvalue weighted by atomic mass is 9.92. The van der Waals surface area contributed by atoms with Crippen LogP contribution in [0, 0.1) is 0 Å². The van der Waals surface area contributed by atoms with Crippen molar-refractivity contribution >= 4 is 0 Å². The molecule has 15 heavy (non-hydrogen) atoms. The molecule has 0 spiro atoms. The molecule has 1 aliphatic heterocycles. The lowest BCUT2D eigenvalue weighted by molar-refractivity contribution is 0.349. The Morgan fingerprint density at radius 3 is 2.80 bits per heavy atom. The number of hydrogen-bond donors (Lipinski definition) is 0. The predicted octanol–water partition coefficient (Wildman–Crippen LogP) is 3.14. The Hall–Kier alpha value is -0.890. The van der Waals surface area contributed by atoms with Gasteiger partial charge in [-0.3, -0.25) is 4.98 Å². The minimum atomic E-state index is 0.500. The van der Waals surface area contributed by atoms with Gasteiger partial charge >= 0.3 is 0 Å². The van der Waals surface area contributed by atoms with Crippen molar-refractivity contribution < 1.29 is 4.74 Å². The minimum Gasteiger partial charge on any atom is -0.370 e. The van der Waals surface area contributed by atoms with Crippen LogP contribution in [0.2, 0.25) is 0 Å². The minimum absolute atomic E-state index is 0.500. The molecule has 1 aliphatic rings. The maximum atomic E-state index is 5.60. The molecular weight excluding hydrogens is 186 g/mol. The van der Waals surface area contributed by atoms with E-state index in [9.17, 15) is 0 Å². The van der Waals surface area contributed by atoms with Crippen LogP contribution in [0.15, 0.2) is 24.5 Å². The number of pyridine rings is 1. The number of nitrogens with zero attached hydrogens (tertiary/aromatic N) is 1. The van der Waals surface area contributed by atoms with Crippen LogP contribution < -0.4 is 0 Å². The number of ether oxygens (including phenoxy) is 1. The van der Waals surface area contributed by atoms with E-state index in [4.69, 9.17) is 4.74 Å². The van der Waals surface area contributed by atoms with Crippen LogP contribution in [0.5, 0.6) is 0 Å². The molecule has 3 unspecified atom stereocenters. The summed E-state index contributed by atoms with van der Waals surface area (Å²) >= 11 is 0. The average molecular weight is 205 g/mol. The monoisotopic (exact) mass is 205 g/mol. The maximum absolute atomic E-state index is 5.60. The van der Waals surface area contributed by atoms with E-state index in [0.29, 0.717) is 18.1 Å². The Morgan fingerprint density at radius 1 is 1.40 bits per heavy atom. The van der Waals surface area contributed by atoms with Gasteiger partial charge in [-0.05, 0) is 36.8 Å². The third-order valence-electron chi connectivity index (χ3n) is 3.26. The molecule has 0 aliphatic carbocycles. The van der Waals surface area contributed by atoms with Crippen LogP contribution in [0.1, 0.15) is 44.6 Å². The normalized spacial score (nSPS) is 26.3. The summed E-state index contributed by atoms with van der Waals surface area (Å²) in [5.41, 5.74) is 1.35. The number of hydrogen-bond acceptors (Lipinski definition) is 2. The SMILES string of the molecule is CCC(CC1OC1CC)c1cccnc1. The van der Waals surface area contributed by atoms with E-state index >= 15 is 0 Å². The highest BCUT2D eigenvalue weighted by molar-refractivity contribution is 5.15. The molecule has 3 atom stereocenters. The van der Waals surface area contributed by atoms with Crippen molar-refractivity contribution in [1.82, 2.24) is 4.98 Å². The number of rotatable bonds is 5. The molecule has 0 radical (unpaired) electrons. The van der Waals surface area contributed by atoms with Gasteiger partial charge in [0.1, 0.15) is 0 Å². The highest BCUT2D eigenvalue weighted by atomic mass is 16.6. The largest absolute Gasteiger partial charge is 0.370 e. The van der Waals surface area contributed by atoms with Gasteiger partial charge in [0.2, 0.25) is 0 Å². The second-order valence-electron chi connectivity index (χ2n) is 4.25. The van der Waals surface area contributed by atoms with E-state index < -0.39 is 0 Å². The molecule has 1 saturated heterocycles. The number of epoxide rings is 1. The van der Waals surface area contributed by atoms with Gasteiger partial charge in [-0.15, -0.1) is 0 Å². The number of aromatic nitrogens is 1. The van der Waals surface area contributed by atoms with Crippen molar-refractivity contribution in [3.63, 3.8) is 0 Å². The molecule has 1 fully saturated rings. The zero-order chi connectivity index (χ0) is 10.7. The molecule has 2 nitrogen and oxygen atoms in total. The lowest BCUT2D eigenvalue weighted by Crippen LogP contribution is -2.03. The molecule has 2 rings (SSSR count). The summed E-state index contributed by atoms with van der Waals surface area (Å²) in [6, 6.07) is 4.19. The Labute approximate surface area is 91.7 Å². The fourth-order valence-corrected chi connectivity index (χ4v) is 2.18. The molecule has 2 heteroatoms. The van der Waals surface area contributed by atoms with Crippen LogP contribution in [-0.4, -0.2) is 17.2 Å². The fraction of sp³-hybridized carbons (Fsp3) is 0.615. The van der Waals surface area contributed by atoms with Crippen molar-refractivity contribution in [2.24, 2.45) is 0 Å². The van der Waals surface area contributed by atoms with Crippen LogP contribution >= 0.6 is 0 Å². The van der Waals surface area contributed by atoms with Gasteiger partial charge in [0.25, 0.3) is 0 Å². The molecule has 0 saturated carbocycles.